The Morgan fingerprint density at radius 1 is 1.32 bits per heavy atom. The van der Waals surface area contributed by atoms with E-state index >= 15 is 0 Å². The second-order valence-corrected chi connectivity index (χ2v) is 7.84. The third kappa shape index (κ3) is 3.86. The number of benzene rings is 1. The Labute approximate surface area is 138 Å². The van der Waals surface area contributed by atoms with Crippen LogP contribution in [0.25, 0.3) is 0 Å². The maximum Gasteiger partial charge on any atom is 0.276 e. The molecule has 0 unspecified atom stereocenters. The van der Waals surface area contributed by atoms with Gasteiger partial charge < -0.3 is 0 Å². The summed E-state index contributed by atoms with van der Waals surface area (Å²) in [5.41, 5.74) is 3.24. The molecule has 1 amide bonds. The van der Waals surface area contributed by atoms with Crippen molar-refractivity contribution in [3.63, 3.8) is 0 Å². The fourth-order valence-electron chi connectivity index (χ4n) is 1.85. The van der Waals surface area contributed by atoms with Crippen LogP contribution in [0.4, 0.5) is 0 Å². The molecule has 22 heavy (non-hydrogen) atoms. The van der Waals surface area contributed by atoms with E-state index in [1.165, 1.54) is 29.5 Å². The number of thiophene rings is 1. The number of nitrogens with one attached hydrogen (secondary N) is 2. The molecule has 0 aliphatic rings. The Morgan fingerprint density at radius 3 is 2.64 bits per heavy atom. The van der Waals surface area contributed by atoms with Crippen molar-refractivity contribution in [2.24, 2.45) is 0 Å². The van der Waals surface area contributed by atoms with Crippen molar-refractivity contribution in [1.29, 1.82) is 0 Å². The lowest BCUT2D eigenvalue weighted by molar-refractivity contribution is 0.0949. The van der Waals surface area contributed by atoms with Crippen LogP contribution in [-0.4, -0.2) is 14.3 Å². The van der Waals surface area contributed by atoms with Crippen molar-refractivity contribution < 1.29 is 13.2 Å². The van der Waals surface area contributed by atoms with Gasteiger partial charge in [0.15, 0.2) is 0 Å². The monoisotopic (exact) mass is 358 g/mol. The predicted molar refractivity (Wildman–Crippen MR) is 87.7 cm³/mol. The fraction of sp³-hybridized carbons (Fsp3) is 0.214. The third-order valence-corrected chi connectivity index (χ3v) is 5.83. The minimum Gasteiger partial charge on any atom is -0.273 e. The molecule has 0 aliphatic carbocycles. The SMILES string of the molecule is CCc1sc(C(=O)NNS(=O)(=O)c2cccc(Cl)c2)cc1C. The Bertz CT molecular complexity index is 800. The number of carbonyl (C=O) groups is 1. The number of hydrogen-bond donors (Lipinski definition) is 2. The van der Waals surface area contributed by atoms with Gasteiger partial charge in [-0.15, -0.1) is 16.2 Å². The second-order valence-electron chi connectivity index (χ2n) is 4.59. The molecule has 0 aliphatic heterocycles. The first-order valence-corrected chi connectivity index (χ1v) is 9.18. The van der Waals surface area contributed by atoms with E-state index in [0.29, 0.717) is 9.90 Å². The number of sulfonamides is 1. The van der Waals surface area contributed by atoms with Crippen LogP contribution >= 0.6 is 22.9 Å². The van der Waals surface area contributed by atoms with Gasteiger partial charge in [-0.3, -0.25) is 10.2 Å². The number of hydrogen-bond acceptors (Lipinski definition) is 4. The molecule has 0 atom stereocenters. The molecule has 1 aromatic carbocycles. The van der Waals surface area contributed by atoms with Gasteiger partial charge in [0.05, 0.1) is 9.77 Å². The molecule has 2 aromatic rings. The van der Waals surface area contributed by atoms with Crippen molar-refractivity contribution in [1.82, 2.24) is 10.3 Å². The number of halogens is 1. The van der Waals surface area contributed by atoms with Crippen LogP contribution in [0.2, 0.25) is 5.02 Å². The number of hydrazine groups is 1. The van der Waals surface area contributed by atoms with E-state index in [-0.39, 0.29) is 4.90 Å². The molecule has 0 spiro atoms. The van der Waals surface area contributed by atoms with E-state index in [2.05, 4.69) is 10.3 Å². The number of rotatable bonds is 5. The maximum absolute atomic E-state index is 12.1. The minimum absolute atomic E-state index is 0.0168. The zero-order valence-electron chi connectivity index (χ0n) is 12.0. The summed E-state index contributed by atoms with van der Waals surface area (Å²) < 4.78 is 24.1. The fourth-order valence-corrected chi connectivity index (χ4v) is 4.00. The molecule has 2 rings (SSSR count). The summed E-state index contributed by atoms with van der Waals surface area (Å²) in [6, 6.07) is 7.53. The van der Waals surface area contributed by atoms with Gasteiger partial charge in [0.1, 0.15) is 0 Å². The molecule has 2 N–H and O–H groups in total. The average molecular weight is 359 g/mol. The standard InChI is InChI=1S/C14H15ClN2O3S2/c1-3-12-9(2)7-13(21-12)14(18)16-17-22(19,20)11-6-4-5-10(15)8-11/h4-8,17H,3H2,1-2H3,(H,16,18). The molecule has 1 aromatic heterocycles. The minimum atomic E-state index is -3.86. The smallest absolute Gasteiger partial charge is 0.273 e. The van der Waals surface area contributed by atoms with Crippen LogP contribution in [-0.2, 0) is 16.4 Å². The Balaban J connectivity index is 2.09. The number of carbonyl (C=O) groups excluding carboxylic acids is 1. The van der Waals surface area contributed by atoms with Crippen molar-refractivity contribution in [2.75, 3.05) is 0 Å². The molecule has 0 fully saturated rings. The van der Waals surface area contributed by atoms with E-state index < -0.39 is 15.9 Å². The molecule has 118 valence electrons. The van der Waals surface area contributed by atoms with Gasteiger partial charge in [0, 0.05) is 9.90 Å². The second kappa shape index (κ2) is 6.78. The van der Waals surface area contributed by atoms with Gasteiger partial charge in [-0.05, 0) is 43.2 Å². The van der Waals surface area contributed by atoms with Gasteiger partial charge in [-0.1, -0.05) is 24.6 Å². The summed E-state index contributed by atoms with van der Waals surface area (Å²) in [7, 11) is -3.86. The normalized spacial score (nSPS) is 11.4. The van der Waals surface area contributed by atoms with Crippen LogP contribution in [0.1, 0.15) is 27.0 Å². The first-order chi connectivity index (χ1) is 10.3. The third-order valence-electron chi connectivity index (χ3n) is 2.97. The van der Waals surface area contributed by atoms with Gasteiger partial charge in [0.2, 0.25) is 0 Å². The molecule has 5 nitrogen and oxygen atoms in total. The van der Waals surface area contributed by atoms with E-state index in [1.54, 1.807) is 12.1 Å². The highest BCUT2D eigenvalue weighted by Crippen LogP contribution is 2.22. The van der Waals surface area contributed by atoms with Crippen LogP contribution in [0.3, 0.4) is 0 Å². The van der Waals surface area contributed by atoms with Crippen molar-refractivity contribution in [2.45, 2.75) is 25.2 Å². The highest BCUT2D eigenvalue weighted by molar-refractivity contribution is 7.89. The van der Waals surface area contributed by atoms with E-state index in [0.717, 1.165) is 16.9 Å². The molecule has 0 saturated heterocycles. The lowest BCUT2D eigenvalue weighted by atomic mass is 10.2. The van der Waals surface area contributed by atoms with E-state index in [1.807, 2.05) is 13.8 Å². The quantitative estimate of drug-likeness (QED) is 0.807. The summed E-state index contributed by atoms with van der Waals surface area (Å²) in [4.78, 5) is 15.6. The molecule has 8 heteroatoms. The van der Waals surface area contributed by atoms with Crippen LogP contribution in [0, 0.1) is 6.92 Å². The lowest BCUT2D eigenvalue weighted by Crippen LogP contribution is -2.41. The highest BCUT2D eigenvalue weighted by Gasteiger charge is 2.17. The first-order valence-electron chi connectivity index (χ1n) is 6.50. The first kappa shape index (κ1) is 17.0. The summed E-state index contributed by atoms with van der Waals surface area (Å²) >= 11 is 7.12. The summed E-state index contributed by atoms with van der Waals surface area (Å²) in [5.74, 6) is -0.488. The van der Waals surface area contributed by atoms with Gasteiger partial charge >= 0.3 is 0 Å². The molecule has 1 heterocycles. The summed E-state index contributed by atoms with van der Waals surface area (Å²) in [5, 5.41) is 0.302. The highest BCUT2D eigenvalue weighted by atomic mass is 35.5. The van der Waals surface area contributed by atoms with Crippen molar-refractivity contribution in [3.05, 3.63) is 50.7 Å². The zero-order valence-corrected chi connectivity index (χ0v) is 14.4. The summed E-state index contributed by atoms with van der Waals surface area (Å²) in [6.45, 7) is 3.92. The number of amides is 1. The van der Waals surface area contributed by atoms with Crippen LogP contribution in [0.5, 0.6) is 0 Å². The maximum atomic E-state index is 12.1. The van der Waals surface area contributed by atoms with Gasteiger partial charge in [0.25, 0.3) is 15.9 Å². The van der Waals surface area contributed by atoms with Crippen molar-refractivity contribution in [3.8, 4) is 0 Å². The lowest BCUT2D eigenvalue weighted by Gasteiger charge is -2.07. The van der Waals surface area contributed by atoms with Crippen LogP contribution < -0.4 is 10.3 Å². The Hall–Kier alpha value is -1.41. The molecule has 0 bridgehead atoms. The van der Waals surface area contributed by atoms with Crippen molar-refractivity contribution >= 4 is 38.9 Å². The van der Waals surface area contributed by atoms with Gasteiger partial charge in [-0.2, -0.15) is 0 Å². The summed E-state index contributed by atoms with van der Waals surface area (Å²) in [6.07, 6.45) is 0.831. The molecule has 0 saturated carbocycles. The number of aryl methyl sites for hydroxylation is 2. The van der Waals surface area contributed by atoms with E-state index in [4.69, 9.17) is 11.6 Å². The molecular formula is C14H15ClN2O3S2. The Morgan fingerprint density at radius 2 is 2.05 bits per heavy atom. The van der Waals surface area contributed by atoms with Gasteiger partial charge in [-0.25, -0.2) is 8.42 Å². The Kier molecular flexibility index (Phi) is 5.23. The zero-order chi connectivity index (χ0) is 16.3. The largest absolute Gasteiger partial charge is 0.276 e. The topological polar surface area (TPSA) is 75.3 Å². The molecular weight excluding hydrogens is 344 g/mol. The molecule has 0 radical (unpaired) electrons. The predicted octanol–water partition coefficient (Wildman–Crippen LogP) is 2.90. The van der Waals surface area contributed by atoms with Crippen LogP contribution in [0.15, 0.2) is 35.2 Å². The average Bonchev–Trinajstić information content (AvgIpc) is 2.86. The van der Waals surface area contributed by atoms with E-state index in [9.17, 15) is 13.2 Å².